The Morgan fingerprint density at radius 1 is 1.26 bits per heavy atom. The molecular weight excluding hydrogens is 240 g/mol. The molecule has 1 aromatic carbocycles. The Hall–Kier alpha value is -2.30. The molecule has 0 saturated carbocycles. The number of carbonyl (C=O) groups is 1. The van der Waals surface area contributed by atoms with Gasteiger partial charge in [0, 0.05) is 43.7 Å². The molecule has 0 bridgehead atoms. The quantitative estimate of drug-likeness (QED) is 0.884. The number of nitrogens with zero attached hydrogens (tertiary/aromatic N) is 2. The second-order valence-electron chi connectivity index (χ2n) is 4.53. The minimum Gasteiger partial charge on any atom is -0.381 e. The average molecular weight is 258 g/mol. The summed E-state index contributed by atoms with van der Waals surface area (Å²) < 4.78 is 1.81. The van der Waals surface area contributed by atoms with E-state index in [2.05, 4.69) is 15.7 Å². The highest BCUT2D eigenvalue weighted by atomic mass is 16.1. The SMILES string of the molecule is CC(=O)Nc1ccc(NCc2cn(C)nc2C)cc1. The van der Waals surface area contributed by atoms with Crippen LogP contribution in [0.3, 0.4) is 0 Å². The predicted octanol–water partition coefficient (Wildman–Crippen LogP) is 2.30. The average Bonchev–Trinajstić information content (AvgIpc) is 2.66. The fourth-order valence-electron chi connectivity index (χ4n) is 1.89. The van der Waals surface area contributed by atoms with Crippen LogP contribution < -0.4 is 10.6 Å². The van der Waals surface area contributed by atoms with Crippen molar-refractivity contribution in [3.05, 3.63) is 41.7 Å². The van der Waals surface area contributed by atoms with E-state index >= 15 is 0 Å². The van der Waals surface area contributed by atoms with Crippen LogP contribution in [0.4, 0.5) is 11.4 Å². The van der Waals surface area contributed by atoms with E-state index in [1.54, 1.807) is 0 Å². The summed E-state index contributed by atoms with van der Waals surface area (Å²) >= 11 is 0. The van der Waals surface area contributed by atoms with Gasteiger partial charge in [-0.25, -0.2) is 0 Å². The minimum atomic E-state index is -0.0632. The first-order valence-corrected chi connectivity index (χ1v) is 6.15. The van der Waals surface area contributed by atoms with Crippen LogP contribution >= 0.6 is 0 Å². The van der Waals surface area contributed by atoms with Crippen molar-refractivity contribution in [2.45, 2.75) is 20.4 Å². The number of nitrogens with one attached hydrogen (secondary N) is 2. The molecule has 100 valence electrons. The number of aryl methyl sites for hydroxylation is 2. The maximum absolute atomic E-state index is 10.9. The maximum Gasteiger partial charge on any atom is 0.221 e. The summed E-state index contributed by atoms with van der Waals surface area (Å²) in [6.07, 6.45) is 2.01. The molecule has 0 aliphatic rings. The lowest BCUT2D eigenvalue weighted by atomic mass is 10.2. The Balaban J connectivity index is 1.96. The number of hydrogen-bond donors (Lipinski definition) is 2. The Labute approximate surface area is 112 Å². The largest absolute Gasteiger partial charge is 0.381 e. The van der Waals surface area contributed by atoms with Crippen LogP contribution in [0.2, 0.25) is 0 Å². The van der Waals surface area contributed by atoms with Gasteiger partial charge in [-0.15, -0.1) is 0 Å². The number of anilines is 2. The highest BCUT2D eigenvalue weighted by molar-refractivity contribution is 5.88. The zero-order chi connectivity index (χ0) is 13.8. The molecule has 0 unspecified atom stereocenters. The Kier molecular flexibility index (Phi) is 3.85. The number of aromatic nitrogens is 2. The molecule has 1 aromatic heterocycles. The van der Waals surface area contributed by atoms with E-state index in [0.717, 1.165) is 23.6 Å². The van der Waals surface area contributed by atoms with Gasteiger partial charge in [-0.3, -0.25) is 9.48 Å². The number of rotatable bonds is 4. The monoisotopic (exact) mass is 258 g/mol. The molecule has 0 atom stereocenters. The molecule has 0 aliphatic carbocycles. The molecule has 5 nitrogen and oxygen atoms in total. The molecule has 1 amide bonds. The van der Waals surface area contributed by atoms with Gasteiger partial charge in [0.05, 0.1) is 5.69 Å². The number of carbonyl (C=O) groups excluding carboxylic acids is 1. The van der Waals surface area contributed by atoms with Gasteiger partial charge in [-0.05, 0) is 31.2 Å². The van der Waals surface area contributed by atoms with Crippen molar-refractivity contribution in [2.24, 2.45) is 7.05 Å². The van der Waals surface area contributed by atoms with Crippen molar-refractivity contribution >= 4 is 17.3 Å². The molecule has 0 aliphatic heterocycles. The van der Waals surface area contributed by atoms with E-state index in [1.165, 1.54) is 12.5 Å². The molecule has 0 fully saturated rings. The van der Waals surface area contributed by atoms with Gasteiger partial charge in [-0.1, -0.05) is 0 Å². The van der Waals surface area contributed by atoms with Crippen molar-refractivity contribution in [1.82, 2.24) is 9.78 Å². The third kappa shape index (κ3) is 3.58. The summed E-state index contributed by atoms with van der Waals surface area (Å²) in [5, 5.41) is 10.4. The van der Waals surface area contributed by atoms with Gasteiger partial charge >= 0.3 is 0 Å². The minimum absolute atomic E-state index is 0.0632. The van der Waals surface area contributed by atoms with Gasteiger partial charge in [0.25, 0.3) is 0 Å². The second kappa shape index (κ2) is 5.56. The third-order valence-electron chi connectivity index (χ3n) is 2.80. The zero-order valence-corrected chi connectivity index (χ0v) is 11.4. The lowest BCUT2D eigenvalue weighted by molar-refractivity contribution is -0.114. The number of hydrogen-bond acceptors (Lipinski definition) is 3. The van der Waals surface area contributed by atoms with Crippen LogP contribution in [0.15, 0.2) is 30.5 Å². The van der Waals surface area contributed by atoms with Crippen LogP contribution in [-0.4, -0.2) is 15.7 Å². The van der Waals surface area contributed by atoms with Crippen LogP contribution in [0, 0.1) is 6.92 Å². The van der Waals surface area contributed by atoms with Gasteiger partial charge in [-0.2, -0.15) is 5.10 Å². The van der Waals surface area contributed by atoms with Crippen molar-refractivity contribution in [3.63, 3.8) is 0 Å². The highest BCUT2D eigenvalue weighted by Gasteiger charge is 2.02. The molecule has 2 N–H and O–H groups in total. The Bertz CT molecular complexity index is 572. The van der Waals surface area contributed by atoms with Crippen molar-refractivity contribution in [3.8, 4) is 0 Å². The highest BCUT2D eigenvalue weighted by Crippen LogP contribution is 2.15. The molecule has 2 aromatic rings. The first-order chi connectivity index (χ1) is 9.04. The third-order valence-corrected chi connectivity index (χ3v) is 2.80. The standard InChI is InChI=1S/C14H18N4O/c1-10-12(9-18(3)17-10)8-15-13-4-6-14(7-5-13)16-11(2)19/h4-7,9,15H,8H2,1-3H3,(H,16,19). The van der Waals surface area contributed by atoms with Crippen molar-refractivity contribution in [2.75, 3.05) is 10.6 Å². The topological polar surface area (TPSA) is 59.0 Å². The first-order valence-electron chi connectivity index (χ1n) is 6.15. The van der Waals surface area contributed by atoms with Crippen LogP contribution in [0.25, 0.3) is 0 Å². The second-order valence-corrected chi connectivity index (χ2v) is 4.53. The molecule has 5 heteroatoms. The van der Waals surface area contributed by atoms with E-state index in [-0.39, 0.29) is 5.91 Å². The Morgan fingerprint density at radius 2 is 1.89 bits per heavy atom. The normalized spacial score (nSPS) is 10.3. The summed E-state index contributed by atoms with van der Waals surface area (Å²) in [6.45, 7) is 4.23. The summed E-state index contributed by atoms with van der Waals surface area (Å²) in [7, 11) is 1.92. The molecule has 0 saturated heterocycles. The van der Waals surface area contributed by atoms with Gasteiger partial charge in [0.1, 0.15) is 0 Å². The summed E-state index contributed by atoms with van der Waals surface area (Å²) in [5.41, 5.74) is 4.02. The fourth-order valence-corrected chi connectivity index (χ4v) is 1.89. The van der Waals surface area contributed by atoms with E-state index < -0.39 is 0 Å². The van der Waals surface area contributed by atoms with E-state index in [9.17, 15) is 4.79 Å². The van der Waals surface area contributed by atoms with Crippen LogP contribution in [0.5, 0.6) is 0 Å². The van der Waals surface area contributed by atoms with Gasteiger partial charge < -0.3 is 10.6 Å². The molecular formula is C14H18N4O. The zero-order valence-electron chi connectivity index (χ0n) is 11.4. The lowest BCUT2D eigenvalue weighted by Gasteiger charge is -2.07. The maximum atomic E-state index is 10.9. The van der Waals surface area contributed by atoms with Crippen molar-refractivity contribution in [1.29, 1.82) is 0 Å². The number of amides is 1. The Morgan fingerprint density at radius 3 is 2.42 bits per heavy atom. The smallest absolute Gasteiger partial charge is 0.221 e. The van der Waals surface area contributed by atoms with Crippen LogP contribution in [-0.2, 0) is 18.4 Å². The van der Waals surface area contributed by atoms with E-state index in [1.807, 2.05) is 49.1 Å². The lowest BCUT2D eigenvalue weighted by Crippen LogP contribution is -2.05. The molecule has 19 heavy (non-hydrogen) atoms. The van der Waals surface area contributed by atoms with Gasteiger partial charge in [0.15, 0.2) is 0 Å². The van der Waals surface area contributed by atoms with Crippen LogP contribution in [0.1, 0.15) is 18.2 Å². The summed E-state index contributed by atoms with van der Waals surface area (Å²) in [6, 6.07) is 7.63. The molecule has 1 heterocycles. The predicted molar refractivity (Wildman–Crippen MR) is 76.0 cm³/mol. The van der Waals surface area contributed by atoms with E-state index in [4.69, 9.17) is 0 Å². The van der Waals surface area contributed by atoms with E-state index in [0.29, 0.717) is 0 Å². The molecule has 0 radical (unpaired) electrons. The molecule has 0 spiro atoms. The molecule has 2 rings (SSSR count). The fraction of sp³-hybridized carbons (Fsp3) is 0.286. The van der Waals surface area contributed by atoms with Gasteiger partial charge in [0.2, 0.25) is 5.91 Å². The van der Waals surface area contributed by atoms with Crippen molar-refractivity contribution < 1.29 is 4.79 Å². The first kappa shape index (κ1) is 13.1. The summed E-state index contributed by atoms with van der Waals surface area (Å²) in [5.74, 6) is -0.0632. The summed E-state index contributed by atoms with van der Waals surface area (Å²) in [4.78, 5) is 10.9. The number of benzene rings is 1.